The van der Waals surface area contributed by atoms with Gasteiger partial charge in [-0.25, -0.2) is 0 Å². The zero-order valence-electron chi connectivity index (χ0n) is 9.77. The SMILES string of the molecule is Cc1ccoc1C(=O)Nc1ccccc1C(N)=O. The number of nitrogens with two attached hydrogens (primary N) is 1. The highest BCUT2D eigenvalue weighted by Crippen LogP contribution is 2.17. The third-order valence-electron chi connectivity index (χ3n) is 2.51. The fourth-order valence-electron chi connectivity index (χ4n) is 1.59. The Balaban J connectivity index is 2.28. The molecule has 2 rings (SSSR count). The summed E-state index contributed by atoms with van der Waals surface area (Å²) in [5, 5.41) is 2.60. The molecule has 0 fully saturated rings. The van der Waals surface area contributed by atoms with Gasteiger partial charge in [-0.2, -0.15) is 0 Å². The molecule has 0 bridgehead atoms. The molecule has 1 heterocycles. The molecule has 0 aliphatic carbocycles. The van der Waals surface area contributed by atoms with E-state index in [-0.39, 0.29) is 11.3 Å². The highest BCUT2D eigenvalue weighted by molar-refractivity contribution is 6.07. The van der Waals surface area contributed by atoms with E-state index in [4.69, 9.17) is 10.2 Å². The number of carbonyl (C=O) groups excluding carboxylic acids is 2. The number of carbonyl (C=O) groups is 2. The molecule has 1 aromatic heterocycles. The Kier molecular flexibility index (Phi) is 3.14. The van der Waals surface area contributed by atoms with Crippen molar-refractivity contribution in [1.82, 2.24) is 0 Å². The number of rotatable bonds is 3. The van der Waals surface area contributed by atoms with Crippen LogP contribution in [0.4, 0.5) is 5.69 Å². The standard InChI is InChI=1S/C13H12N2O3/c1-8-6-7-18-11(8)13(17)15-10-5-3-2-4-9(10)12(14)16/h2-7H,1H3,(H2,14,16)(H,15,17). The Morgan fingerprint density at radius 1 is 1.22 bits per heavy atom. The number of hydrogen-bond donors (Lipinski definition) is 2. The summed E-state index contributed by atoms with van der Waals surface area (Å²) >= 11 is 0. The van der Waals surface area contributed by atoms with E-state index in [0.717, 1.165) is 5.56 Å². The highest BCUT2D eigenvalue weighted by Gasteiger charge is 2.15. The van der Waals surface area contributed by atoms with Crippen LogP contribution in [-0.2, 0) is 0 Å². The monoisotopic (exact) mass is 244 g/mol. The summed E-state index contributed by atoms with van der Waals surface area (Å²) in [5.41, 5.74) is 6.58. The van der Waals surface area contributed by atoms with Crippen LogP contribution in [0, 0.1) is 6.92 Å². The van der Waals surface area contributed by atoms with Crippen LogP contribution < -0.4 is 11.1 Å². The second-order valence-corrected chi connectivity index (χ2v) is 3.80. The van der Waals surface area contributed by atoms with Crippen LogP contribution in [-0.4, -0.2) is 11.8 Å². The number of anilines is 1. The molecule has 5 nitrogen and oxygen atoms in total. The van der Waals surface area contributed by atoms with Gasteiger partial charge in [-0.05, 0) is 25.1 Å². The minimum Gasteiger partial charge on any atom is -0.459 e. The number of amides is 2. The molecule has 1 aromatic carbocycles. The lowest BCUT2D eigenvalue weighted by Gasteiger charge is -2.07. The maximum atomic E-state index is 11.9. The molecule has 18 heavy (non-hydrogen) atoms. The molecule has 0 saturated carbocycles. The molecular formula is C13H12N2O3. The van der Waals surface area contributed by atoms with Gasteiger partial charge in [0.2, 0.25) is 0 Å². The number of aryl methyl sites for hydroxylation is 1. The van der Waals surface area contributed by atoms with Crippen molar-refractivity contribution < 1.29 is 14.0 Å². The average molecular weight is 244 g/mol. The zero-order valence-corrected chi connectivity index (χ0v) is 9.77. The number of para-hydroxylation sites is 1. The van der Waals surface area contributed by atoms with Gasteiger partial charge in [-0.3, -0.25) is 9.59 Å². The Morgan fingerprint density at radius 3 is 2.56 bits per heavy atom. The lowest BCUT2D eigenvalue weighted by atomic mass is 10.1. The highest BCUT2D eigenvalue weighted by atomic mass is 16.3. The van der Waals surface area contributed by atoms with Gasteiger partial charge in [0.05, 0.1) is 17.5 Å². The van der Waals surface area contributed by atoms with Gasteiger partial charge in [0.25, 0.3) is 11.8 Å². The van der Waals surface area contributed by atoms with Crippen LogP contribution in [0.1, 0.15) is 26.5 Å². The molecule has 0 aliphatic heterocycles. The molecule has 0 saturated heterocycles. The topological polar surface area (TPSA) is 85.3 Å². The van der Waals surface area contributed by atoms with Crippen molar-refractivity contribution in [2.24, 2.45) is 5.73 Å². The molecule has 2 amide bonds. The molecule has 0 aliphatic rings. The smallest absolute Gasteiger partial charge is 0.291 e. The largest absolute Gasteiger partial charge is 0.459 e. The van der Waals surface area contributed by atoms with Gasteiger partial charge in [0.15, 0.2) is 5.76 Å². The van der Waals surface area contributed by atoms with E-state index >= 15 is 0 Å². The molecular weight excluding hydrogens is 232 g/mol. The van der Waals surface area contributed by atoms with Crippen LogP contribution in [0.15, 0.2) is 41.0 Å². The van der Waals surface area contributed by atoms with Crippen LogP contribution in [0.5, 0.6) is 0 Å². The molecule has 0 unspecified atom stereocenters. The molecule has 2 aromatic rings. The zero-order chi connectivity index (χ0) is 13.1. The van der Waals surface area contributed by atoms with E-state index in [1.54, 1.807) is 37.3 Å². The van der Waals surface area contributed by atoms with Crippen LogP contribution in [0.25, 0.3) is 0 Å². The van der Waals surface area contributed by atoms with Crippen molar-refractivity contribution in [3.05, 3.63) is 53.5 Å². The second kappa shape index (κ2) is 4.75. The van der Waals surface area contributed by atoms with Crippen molar-refractivity contribution in [2.45, 2.75) is 6.92 Å². The van der Waals surface area contributed by atoms with Gasteiger partial charge in [-0.15, -0.1) is 0 Å². The predicted molar refractivity (Wildman–Crippen MR) is 66.4 cm³/mol. The molecule has 92 valence electrons. The minimum atomic E-state index is -0.595. The maximum absolute atomic E-state index is 11.9. The van der Waals surface area contributed by atoms with Crippen molar-refractivity contribution >= 4 is 17.5 Å². The summed E-state index contributed by atoms with van der Waals surface area (Å²) in [5.74, 6) is -0.789. The van der Waals surface area contributed by atoms with Gasteiger partial charge in [0.1, 0.15) is 0 Å². The minimum absolute atomic E-state index is 0.217. The number of nitrogens with one attached hydrogen (secondary N) is 1. The third-order valence-corrected chi connectivity index (χ3v) is 2.51. The summed E-state index contributed by atoms with van der Waals surface area (Å²) in [6, 6.07) is 8.23. The molecule has 0 atom stereocenters. The summed E-state index contributed by atoms with van der Waals surface area (Å²) in [7, 11) is 0. The molecule has 5 heteroatoms. The van der Waals surface area contributed by atoms with Crippen LogP contribution >= 0.6 is 0 Å². The first-order valence-corrected chi connectivity index (χ1v) is 5.34. The predicted octanol–water partition coefficient (Wildman–Crippen LogP) is 1.94. The normalized spacial score (nSPS) is 10.1. The first kappa shape index (κ1) is 11.9. The van der Waals surface area contributed by atoms with E-state index in [1.807, 2.05) is 0 Å². The number of furan rings is 1. The van der Waals surface area contributed by atoms with Crippen molar-refractivity contribution in [3.8, 4) is 0 Å². The first-order valence-electron chi connectivity index (χ1n) is 5.34. The van der Waals surface area contributed by atoms with Crippen molar-refractivity contribution in [2.75, 3.05) is 5.32 Å². The van der Waals surface area contributed by atoms with Gasteiger partial charge < -0.3 is 15.5 Å². The van der Waals surface area contributed by atoms with Gasteiger partial charge >= 0.3 is 0 Å². The third kappa shape index (κ3) is 2.24. The number of benzene rings is 1. The van der Waals surface area contributed by atoms with Gasteiger partial charge in [0, 0.05) is 5.56 Å². The first-order chi connectivity index (χ1) is 8.59. The Labute approximate surface area is 104 Å². The molecule has 3 N–H and O–H groups in total. The average Bonchev–Trinajstić information content (AvgIpc) is 2.76. The van der Waals surface area contributed by atoms with E-state index in [0.29, 0.717) is 5.69 Å². The van der Waals surface area contributed by atoms with E-state index in [2.05, 4.69) is 5.32 Å². The lowest BCUT2D eigenvalue weighted by molar-refractivity contribution is 0.0996. The summed E-state index contributed by atoms with van der Waals surface area (Å²) in [6.07, 6.45) is 1.43. The summed E-state index contributed by atoms with van der Waals surface area (Å²) < 4.78 is 5.07. The fourth-order valence-corrected chi connectivity index (χ4v) is 1.59. The Bertz CT molecular complexity index is 602. The van der Waals surface area contributed by atoms with E-state index < -0.39 is 11.8 Å². The molecule has 0 radical (unpaired) electrons. The van der Waals surface area contributed by atoms with E-state index in [9.17, 15) is 9.59 Å². The van der Waals surface area contributed by atoms with Crippen LogP contribution in [0.2, 0.25) is 0 Å². The molecule has 0 spiro atoms. The van der Waals surface area contributed by atoms with Crippen molar-refractivity contribution in [1.29, 1.82) is 0 Å². The van der Waals surface area contributed by atoms with Crippen molar-refractivity contribution in [3.63, 3.8) is 0 Å². The maximum Gasteiger partial charge on any atom is 0.291 e. The number of primary amides is 1. The quantitative estimate of drug-likeness (QED) is 0.865. The summed E-state index contributed by atoms with van der Waals surface area (Å²) in [4.78, 5) is 23.1. The second-order valence-electron chi connectivity index (χ2n) is 3.80. The number of hydrogen-bond acceptors (Lipinski definition) is 3. The van der Waals surface area contributed by atoms with Gasteiger partial charge in [-0.1, -0.05) is 12.1 Å². The van der Waals surface area contributed by atoms with E-state index in [1.165, 1.54) is 6.26 Å². The van der Waals surface area contributed by atoms with Crippen LogP contribution in [0.3, 0.4) is 0 Å². The Morgan fingerprint density at radius 2 is 1.94 bits per heavy atom. The lowest BCUT2D eigenvalue weighted by Crippen LogP contribution is -2.18. The Hall–Kier alpha value is -2.56. The summed E-state index contributed by atoms with van der Waals surface area (Å²) in [6.45, 7) is 1.76. The fraction of sp³-hybridized carbons (Fsp3) is 0.0769.